The van der Waals surface area contributed by atoms with E-state index in [4.69, 9.17) is 16.3 Å². The molecule has 0 saturated carbocycles. The summed E-state index contributed by atoms with van der Waals surface area (Å²) < 4.78 is 4.75. The fourth-order valence-electron chi connectivity index (χ4n) is 1.09. The van der Waals surface area contributed by atoms with Crippen LogP contribution in [0.25, 0.3) is 0 Å². The van der Waals surface area contributed by atoms with Crippen LogP contribution in [-0.4, -0.2) is 17.6 Å². The summed E-state index contributed by atoms with van der Waals surface area (Å²) in [6, 6.07) is 3.45. The van der Waals surface area contributed by atoms with Crippen LogP contribution in [0.1, 0.15) is 24.6 Å². The third-order valence-corrected chi connectivity index (χ3v) is 2.02. The summed E-state index contributed by atoms with van der Waals surface area (Å²) in [6.07, 6.45) is 0.0932. The van der Waals surface area contributed by atoms with Crippen molar-refractivity contribution in [1.82, 2.24) is 4.98 Å². The molecule has 1 heterocycles. The van der Waals surface area contributed by atoms with Gasteiger partial charge in [0.05, 0.1) is 12.3 Å². The van der Waals surface area contributed by atoms with Gasteiger partial charge in [0.2, 0.25) is 0 Å². The first kappa shape index (κ1) is 12.5. The lowest BCUT2D eigenvalue weighted by Crippen LogP contribution is -2.01. The van der Waals surface area contributed by atoms with Gasteiger partial charge in [-0.05, 0) is 26.0 Å². The normalized spacial score (nSPS) is 9.19. The predicted octanol–water partition coefficient (Wildman–Crippen LogP) is 2.35. The lowest BCUT2D eigenvalue weighted by atomic mass is 10.2. The molecule has 0 atom stereocenters. The Labute approximate surface area is 99.8 Å². The van der Waals surface area contributed by atoms with E-state index in [-0.39, 0.29) is 12.4 Å². The summed E-state index contributed by atoms with van der Waals surface area (Å²) in [5.41, 5.74) is 1.53. The van der Waals surface area contributed by atoms with Crippen LogP contribution in [0.4, 0.5) is 0 Å². The maximum atomic E-state index is 11.0. The fraction of sp³-hybridized carbons (Fsp3) is 0.333. The summed E-state index contributed by atoms with van der Waals surface area (Å²) in [5.74, 6) is 5.29. The van der Waals surface area contributed by atoms with Crippen LogP contribution in [0, 0.1) is 18.8 Å². The van der Waals surface area contributed by atoms with Gasteiger partial charge < -0.3 is 4.74 Å². The van der Waals surface area contributed by atoms with Gasteiger partial charge in [-0.1, -0.05) is 23.4 Å². The molecule has 0 fully saturated rings. The maximum Gasteiger partial charge on any atom is 0.317 e. The topological polar surface area (TPSA) is 39.2 Å². The average molecular weight is 238 g/mol. The number of nitrogens with zero attached hydrogens (tertiary/aromatic N) is 1. The zero-order chi connectivity index (χ0) is 12.0. The molecule has 1 rings (SSSR count). The maximum absolute atomic E-state index is 11.0. The first-order valence-corrected chi connectivity index (χ1v) is 5.29. The number of aryl methyl sites for hydroxylation is 1. The smallest absolute Gasteiger partial charge is 0.317 e. The first-order chi connectivity index (χ1) is 7.63. The van der Waals surface area contributed by atoms with Crippen molar-refractivity contribution in [3.05, 3.63) is 28.5 Å². The van der Waals surface area contributed by atoms with Crippen LogP contribution in [0.15, 0.2) is 12.1 Å². The van der Waals surface area contributed by atoms with E-state index in [1.165, 1.54) is 0 Å². The fourth-order valence-corrected chi connectivity index (χ4v) is 1.28. The van der Waals surface area contributed by atoms with Crippen molar-refractivity contribution >= 4 is 17.6 Å². The number of rotatable bonds is 2. The van der Waals surface area contributed by atoms with Gasteiger partial charge in [0.1, 0.15) is 11.6 Å². The molecule has 0 N–H and O–H groups in total. The second-order valence-corrected chi connectivity index (χ2v) is 3.44. The summed E-state index contributed by atoms with van der Waals surface area (Å²) >= 11 is 5.71. The summed E-state index contributed by atoms with van der Waals surface area (Å²) in [4.78, 5) is 15.1. The molecule has 0 saturated heterocycles. The van der Waals surface area contributed by atoms with E-state index in [9.17, 15) is 4.79 Å². The molecule has 1 aromatic heterocycles. The van der Waals surface area contributed by atoms with Crippen LogP contribution in [0.3, 0.4) is 0 Å². The zero-order valence-corrected chi connectivity index (χ0v) is 9.97. The van der Waals surface area contributed by atoms with E-state index in [0.29, 0.717) is 11.8 Å². The van der Waals surface area contributed by atoms with Crippen molar-refractivity contribution in [3.8, 4) is 11.8 Å². The Bertz CT molecular complexity index is 446. The van der Waals surface area contributed by atoms with Gasteiger partial charge in [-0.3, -0.25) is 4.79 Å². The van der Waals surface area contributed by atoms with E-state index in [0.717, 1.165) is 11.3 Å². The molecule has 1 aromatic rings. The summed E-state index contributed by atoms with van der Waals surface area (Å²) in [5, 5.41) is 0.438. The molecule has 0 amide bonds. The quantitative estimate of drug-likeness (QED) is 0.450. The molecule has 16 heavy (non-hydrogen) atoms. The van der Waals surface area contributed by atoms with E-state index < -0.39 is 0 Å². The highest BCUT2D eigenvalue weighted by atomic mass is 35.5. The summed E-state index contributed by atoms with van der Waals surface area (Å²) in [7, 11) is 0. The monoisotopic (exact) mass is 237 g/mol. The molecule has 0 aliphatic rings. The minimum Gasteiger partial charge on any atom is -0.465 e. The lowest BCUT2D eigenvalue weighted by molar-refractivity contribution is -0.141. The van der Waals surface area contributed by atoms with Crippen molar-refractivity contribution in [1.29, 1.82) is 0 Å². The van der Waals surface area contributed by atoms with Gasteiger partial charge >= 0.3 is 5.97 Å². The molecule has 0 radical (unpaired) electrons. The Morgan fingerprint density at radius 2 is 2.31 bits per heavy atom. The highest BCUT2D eigenvalue weighted by molar-refractivity contribution is 6.29. The van der Waals surface area contributed by atoms with Crippen LogP contribution >= 0.6 is 11.6 Å². The van der Waals surface area contributed by atoms with Gasteiger partial charge in [0.25, 0.3) is 0 Å². The number of ether oxygens (including phenoxy) is 1. The van der Waals surface area contributed by atoms with E-state index in [1.54, 1.807) is 19.1 Å². The van der Waals surface area contributed by atoms with Crippen molar-refractivity contribution < 1.29 is 9.53 Å². The number of hydrogen-bond donors (Lipinski definition) is 0. The van der Waals surface area contributed by atoms with E-state index in [1.807, 2.05) is 6.92 Å². The highest BCUT2D eigenvalue weighted by Crippen LogP contribution is 2.09. The molecule has 0 aromatic carbocycles. The minimum atomic E-state index is -0.311. The first-order valence-electron chi connectivity index (χ1n) is 4.91. The number of carbonyl (C=O) groups is 1. The largest absolute Gasteiger partial charge is 0.465 e. The highest BCUT2D eigenvalue weighted by Gasteiger charge is 1.98. The van der Waals surface area contributed by atoms with Gasteiger partial charge in [-0.2, -0.15) is 0 Å². The number of esters is 1. The summed E-state index contributed by atoms with van der Waals surface area (Å²) in [6.45, 7) is 3.96. The third kappa shape index (κ3) is 3.92. The minimum absolute atomic E-state index is 0.0932. The van der Waals surface area contributed by atoms with Crippen molar-refractivity contribution in [2.24, 2.45) is 0 Å². The lowest BCUT2D eigenvalue weighted by Gasteiger charge is -1.97. The Hall–Kier alpha value is -1.53. The van der Waals surface area contributed by atoms with Crippen LogP contribution in [0.5, 0.6) is 0 Å². The predicted molar refractivity (Wildman–Crippen MR) is 62.1 cm³/mol. The SMILES string of the molecule is CCOC(=O)CC#Cc1ccc(Cl)nc1C. The number of hydrogen-bond acceptors (Lipinski definition) is 3. The van der Waals surface area contributed by atoms with Gasteiger partial charge in [-0.15, -0.1) is 0 Å². The Morgan fingerprint density at radius 1 is 1.56 bits per heavy atom. The van der Waals surface area contributed by atoms with Crippen LogP contribution in [0.2, 0.25) is 5.15 Å². The Morgan fingerprint density at radius 3 is 2.94 bits per heavy atom. The Kier molecular flexibility index (Phi) is 4.81. The third-order valence-electron chi connectivity index (χ3n) is 1.81. The average Bonchev–Trinajstić information content (AvgIpc) is 2.22. The molecule has 0 aliphatic carbocycles. The second kappa shape index (κ2) is 6.14. The molecule has 3 nitrogen and oxygen atoms in total. The number of carbonyl (C=O) groups excluding carboxylic acids is 1. The second-order valence-electron chi connectivity index (χ2n) is 3.05. The number of aromatic nitrogens is 1. The van der Waals surface area contributed by atoms with E-state index in [2.05, 4.69) is 16.8 Å². The van der Waals surface area contributed by atoms with Crippen LogP contribution < -0.4 is 0 Å². The molecule has 0 unspecified atom stereocenters. The molecular formula is C12H12ClNO2. The van der Waals surface area contributed by atoms with Gasteiger partial charge in [-0.25, -0.2) is 4.98 Å². The molecule has 0 aliphatic heterocycles. The molecular weight excluding hydrogens is 226 g/mol. The number of halogens is 1. The Balaban J connectivity index is 2.66. The standard InChI is InChI=1S/C12H12ClNO2/c1-3-16-12(15)6-4-5-10-7-8-11(13)14-9(10)2/h7-8H,3,6H2,1-2H3. The van der Waals surface area contributed by atoms with Gasteiger partial charge in [0.15, 0.2) is 0 Å². The number of pyridine rings is 1. The molecule has 0 bridgehead atoms. The van der Waals surface area contributed by atoms with Crippen molar-refractivity contribution in [3.63, 3.8) is 0 Å². The van der Waals surface area contributed by atoms with Crippen LogP contribution in [-0.2, 0) is 9.53 Å². The van der Waals surface area contributed by atoms with Crippen molar-refractivity contribution in [2.45, 2.75) is 20.3 Å². The molecule has 84 valence electrons. The zero-order valence-electron chi connectivity index (χ0n) is 9.21. The van der Waals surface area contributed by atoms with E-state index >= 15 is 0 Å². The molecule has 4 heteroatoms. The van der Waals surface area contributed by atoms with Gasteiger partial charge in [0, 0.05) is 5.56 Å². The molecule has 0 spiro atoms. The van der Waals surface area contributed by atoms with Crippen molar-refractivity contribution in [2.75, 3.05) is 6.61 Å².